The Bertz CT molecular complexity index is 614. The Kier molecular flexibility index (Phi) is 5.56. The summed E-state index contributed by atoms with van der Waals surface area (Å²) in [6.45, 7) is 0.491. The second-order valence-corrected chi connectivity index (χ2v) is 5.39. The van der Waals surface area contributed by atoms with Crippen molar-refractivity contribution in [3.05, 3.63) is 23.8 Å². The van der Waals surface area contributed by atoms with Crippen molar-refractivity contribution in [3.8, 4) is 5.75 Å². The molecule has 0 radical (unpaired) electrons. The van der Waals surface area contributed by atoms with Gasteiger partial charge in [0, 0.05) is 13.0 Å². The lowest BCUT2D eigenvalue weighted by Crippen LogP contribution is -2.37. The summed E-state index contributed by atoms with van der Waals surface area (Å²) in [6, 6.07) is 4.39. The molecule has 1 aliphatic heterocycles. The Morgan fingerprint density at radius 1 is 1.30 bits per heavy atom. The average Bonchev–Trinajstić information content (AvgIpc) is 2.72. The van der Waals surface area contributed by atoms with Gasteiger partial charge < -0.3 is 20.1 Å². The fourth-order valence-corrected chi connectivity index (χ4v) is 2.51. The van der Waals surface area contributed by atoms with Crippen LogP contribution < -0.4 is 10.1 Å². The highest BCUT2D eigenvalue weighted by Gasteiger charge is 2.20. The molecule has 0 spiro atoms. The number of nitrogens with zero attached hydrogens (tertiary/aromatic N) is 1. The highest BCUT2D eigenvalue weighted by atomic mass is 16.5. The maximum atomic E-state index is 12.1. The zero-order valence-corrected chi connectivity index (χ0v) is 13.0. The SMILES string of the molecule is COc1ccc(NC(=O)CN2CCCCCC2=O)c(C(=O)O)c1. The van der Waals surface area contributed by atoms with Gasteiger partial charge in [0.1, 0.15) is 5.75 Å². The molecular weight excluding hydrogens is 300 g/mol. The van der Waals surface area contributed by atoms with E-state index in [4.69, 9.17) is 4.74 Å². The van der Waals surface area contributed by atoms with E-state index in [-0.39, 0.29) is 23.7 Å². The second kappa shape index (κ2) is 7.62. The molecule has 1 heterocycles. The predicted octanol–water partition coefficient (Wildman–Crippen LogP) is 1.73. The minimum atomic E-state index is -1.16. The first-order valence-corrected chi connectivity index (χ1v) is 7.50. The summed E-state index contributed by atoms with van der Waals surface area (Å²) in [5.41, 5.74) is 0.130. The molecular formula is C16H20N2O5. The van der Waals surface area contributed by atoms with Crippen LogP contribution >= 0.6 is 0 Å². The van der Waals surface area contributed by atoms with Crippen LogP contribution in [-0.4, -0.2) is 48.0 Å². The van der Waals surface area contributed by atoms with Crippen LogP contribution in [-0.2, 0) is 9.59 Å². The smallest absolute Gasteiger partial charge is 0.337 e. The minimum Gasteiger partial charge on any atom is -0.497 e. The largest absolute Gasteiger partial charge is 0.497 e. The highest BCUT2D eigenvalue weighted by molar-refractivity contribution is 6.02. The summed E-state index contributed by atoms with van der Waals surface area (Å²) in [5, 5.41) is 11.8. The van der Waals surface area contributed by atoms with Gasteiger partial charge in [-0.1, -0.05) is 6.42 Å². The molecule has 1 aromatic carbocycles. The molecule has 1 saturated heterocycles. The number of rotatable bonds is 5. The van der Waals surface area contributed by atoms with E-state index in [0.29, 0.717) is 18.7 Å². The average molecular weight is 320 g/mol. The van der Waals surface area contributed by atoms with Gasteiger partial charge in [-0.3, -0.25) is 9.59 Å². The molecule has 0 aliphatic carbocycles. The number of nitrogens with one attached hydrogen (secondary N) is 1. The van der Waals surface area contributed by atoms with Crippen molar-refractivity contribution in [2.75, 3.05) is 25.5 Å². The molecule has 7 nitrogen and oxygen atoms in total. The van der Waals surface area contributed by atoms with Gasteiger partial charge in [-0.05, 0) is 31.0 Å². The zero-order valence-electron chi connectivity index (χ0n) is 13.0. The Labute approximate surface area is 134 Å². The van der Waals surface area contributed by atoms with Crippen LogP contribution in [0.1, 0.15) is 36.0 Å². The van der Waals surface area contributed by atoms with E-state index in [1.54, 1.807) is 6.07 Å². The first kappa shape index (κ1) is 16.8. The standard InChI is InChI=1S/C16H20N2O5/c1-23-11-6-7-13(12(9-11)16(21)22)17-14(19)10-18-8-4-2-3-5-15(18)20/h6-7,9H,2-5,8,10H2,1H3,(H,17,19)(H,21,22). The van der Waals surface area contributed by atoms with Crippen LogP contribution in [0.5, 0.6) is 5.75 Å². The zero-order chi connectivity index (χ0) is 16.8. The molecule has 1 fully saturated rings. The Balaban J connectivity index is 2.07. The third kappa shape index (κ3) is 4.45. The van der Waals surface area contributed by atoms with E-state index in [0.717, 1.165) is 19.3 Å². The van der Waals surface area contributed by atoms with Crippen molar-refractivity contribution in [1.29, 1.82) is 0 Å². The van der Waals surface area contributed by atoms with E-state index in [1.165, 1.54) is 24.1 Å². The first-order chi connectivity index (χ1) is 11.0. The minimum absolute atomic E-state index is 0.0363. The summed E-state index contributed by atoms with van der Waals surface area (Å²) < 4.78 is 4.99. The molecule has 0 atom stereocenters. The summed E-state index contributed by atoms with van der Waals surface area (Å²) in [5.74, 6) is -1.22. The molecule has 0 saturated carbocycles. The molecule has 2 amide bonds. The van der Waals surface area contributed by atoms with Crippen molar-refractivity contribution >= 4 is 23.5 Å². The number of aromatic carboxylic acids is 1. The quantitative estimate of drug-likeness (QED) is 0.861. The van der Waals surface area contributed by atoms with Gasteiger partial charge in [0.15, 0.2) is 0 Å². The van der Waals surface area contributed by atoms with Crippen molar-refractivity contribution in [2.45, 2.75) is 25.7 Å². The monoisotopic (exact) mass is 320 g/mol. The lowest BCUT2D eigenvalue weighted by atomic mass is 10.1. The van der Waals surface area contributed by atoms with Crippen LogP contribution in [0.15, 0.2) is 18.2 Å². The number of anilines is 1. The fraction of sp³-hybridized carbons (Fsp3) is 0.438. The van der Waals surface area contributed by atoms with Crippen molar-refractivity contribution < 1.29 is 24.2 Å². The number of methoxy groups -OCH3 is 1. The Hall–Kier alpha value is -2.57. The molecule has 23 heavy (non-hydrogen) atoms. The number of likely N-dealkylation sites (tertiary alicyclic amines) is 1. The van der Waals surface area contributed by atoms with Gasteiger partial charge in [-0.25, -0.2) is 4.79 Å². The highest BCUT2D eigenvalue weighted by Crippen LogP contribution is 2.22. The number of ether oxygens (including phenoxy) is 1. The number of carbonyl (C=O) groups excluding carboxylic acids is 2. The lowest BCUT2D eigenvalue weighted by molar-refractivity contribution is -0.134. The molecule has 124 valence electrons. The van der Waals surface area contributed by atoms with Crippen LogP contribution in [0.25, 0.3) is 0 Å². The molecule has 0 bridgehead atoms. The van der Waals surface area contributed by atoms with Gasteiger partial charge in [0.25, 0.3) is 0 Å². The first-order valence-electron chi connectivity index (χ1n) is 7.50. The lowest BCUT2D eigenvalue weighted by Gasteiger charge is -2.20. The number of benzene rings is 1. The van der Waals surface area contributed by atoms with Crippen LogP contribution in [0.3, 0.4) is 0 Å². The second-order valence-electron chi connectivity index (χ2n) is 5.39. The summed E-state index contributed by atoms with van der Waals surface area (Å²) in [4.78, 5) is 36.8. The number of hydrogen-bond acceptors (Lipinski definition) is 4. The van der Waals surface area contributed by atoms with Crippen LogP contribution in [0.2, 0.25) is 0 Å². The maximum Gasteiger partial charge on any atom is 0.337 e. The molecule has 1 aliphatic rings. The number of hydrogen-bond donors (Lipinski definition) is 2. The molecule has 0 unspecified atom stereocenters. The van der Waals surface area contributed by atoms with Gasteiger partial charge in [-0.15, -0.1) is 0 Å². The van der Waals surface area contributed by atoms with Gasteiger partial charge in [0.05, 0.1) is 24.9 Å². The van der Waals surface area contributed by atoms with E-state index in [2.05, 4.69) is 5.32 Å². The third-order valence-electron chi connectivity index (χ3n) is 3.74. The summed E-state index contributed by atoms with van der Waals surface area (Å²) in [7, 11) is 1.43. The summed E-state index contributed by atoms with van der Waals surface area (Å²) >= 11 is 0. The number of carboxylic acids is 1. The Morgan fingerprint density at radius 2 is 2.09 bits per heavy atom. The van der Waals surface area contributed by atoms with E-state index in [1.807, 2.05) is 0 Å². The van der Waals surface area contributed by atoms with E-state index in [9.17, 15) is 19.5 Å². The van der Waals surface area contributed by atoms with Crippen LogP contribution in [0.4, 0.5) is 5.69 Å². The molecule has 7 heteroatoms. The van der Waals surface area contributed by atoms with E-state index >= 15 is 0 Å². The van der Waals surface area contributed by atoms with Gasteiger partial charge >= 0.3 is 5.97 Å². The molecule has 0 aromatic heterocycles. The normalized spacial score (nSPS) is 15.0. The predicted molar refractivity (Wildman–Crippen MR) is 83.6 cm³/mol. The van der Waals surface area contributed by atoms with Crippen LogP contribution in [0, 0.1) is 0 Å². The van der Waals surface area contributed by atoms with E-state index < -0.39 is 11.9 Å². The molecule has 1 aromatic rings. The summed E-state index contributed by atoms with van der Waals surface area (Å²) in [6.07, 6.45) is 3.15. The Morgan fingerprint density at radius 3 is 2.78 bits per heavy atom. The number of amides is 2. The topological polar surface area (TPSA) is 95.9 Å². The van der Waals surface area contributed by atoms with Gasteiger partial charge in [0.2, 0.25) is 11.8 Å². The fourth-order valence-electron chi connectivity index (χ4n) is 2.51. The molecule has 2 N–H and O–H groups in total. The van der Waals surface area contributed by atoms with Crippen molar-refractivity contribution in [3.63, 3.8) is 0 Å². The van der Waals surface area contributed by atoms with Gasteiger partial charge in [-0.2, -0.15) is 0 Å². The number of carboxylic acid groups (broad SMARTS) is 1. The van der Waals surface area contributed by atoms with Crippen molar-refractivity contribution in [2.24, 2.45) is 0 Å². The molecule has 2 rings (SSSR count). The third-order valence-corrected chi connectivity index (χ3v) is 3.74. The maximum absolute atomic E-state index is 12.1. The number of carbonyl (C=O) groups is 3. The van der Waals surface area contributed by atoms with Crippen molar-refractivity contribution in [1.82, 2.24) is 4.90 Å².